The summed E-state index contributed by atoms with van der Waals surface area (Å²) in [6.07, 6.45) is 0. The molecule has 0 spiro atoms. The summed E-state index contributed by atoms with van der Waals surface area (Å²) < 4.78 is 28.4. The van der Waals surface area contributed by atoms with Crippen LogP contribution >= 0.6 is 54.8 Å². The fourth-order valence-corrected chi connectivity index (χ4v) is 4.01. The molecular formula is C12H7Br2ClF2S. The Morgan fingerprint density at radius 1 is 1.22 bits per heavy atom. The summed E-state index contributed by atoms with van der Waals surface area (Å²) in [6.45, 7) is 1.61. The largest absolute Gasteiger partial charge is 0.207 e. The van der Waals surface area contributed by atoms with Gasteiger partial charge in [0, 0.05) is 21.0 Å². The first-order valence-electron chi connectivity index (χ1n) is 4.94. The topological polar surface area (TPSA) is 0 Å². The van der Waals surface area contributed by atoms with Crippen LogP contribution in [0.5, 0.6) is 0 Å². The quantitative estimate of drug-likeness (QED) is 0.509. The number of aryl methyl sites for hydroxylation is 1. The molecule has 6 heteroatoms. The molecule has 0 N–H and O–H groups in total. The van der Waals surface area contributed by atoms with Crippen LogP contribution in [0.3, 0.4) is 0 Å². The second kappa shape index (κ2) is 5.57. The van der Waals surface area contributed by atoms with Crippen molar-refractivity contribution in [1.82, 2.24) is 0 Å². The van der Waals surface area contributed by atoms with E-state index in [-0.39, 0.29) is 4.83 Å². The molecule has 2 aromatic rings. The lowest BCUT2D eigenvalue weighted by atomic mass is 10.1. The second-order valence-corrected chi connectivity index (χ2v) is 7.21. The number of halogens is 5. The molecule has 0 amide bonds. The van der Waals surface area contributed by atoms with E-state index in [9.17, 15) is 8.78 Å². The first kappa shape index (κ1) is 14.4. The Kier molecular flexibility index (Phi) is 4.47. The molecule has 0 nitrogen and oxygen atoms in total. The van der Waals surface area contributed by atoms with Gasteiger partial charge in [0.1, 0.15) is 16.0 Å². The molecule has 1 aromatic heterocycles. The molecule has 0 saturated carbocycles. The summed E-state index contributed by atoms with van der Waals surface area (Å²) in [7, 11) is 0. The number of thiophene rings is 1. The summed E-state index contributed by atoms with van der Waals surface area (Å²) in [5.41, 5.74) is 0.817. The van der Waals surface area contributed by atoms with Crippen molar-refractivity contribution in [2.75, 3.05) is 0 Å². The van der Waals surface area contributed by atoms with Gasteiger partial charge in [-0.3, -0.25) is 0 Å². The van der Waals surface area contributed by atoms with E-state index in [0.29, 0.717) is 15.5 Å². The maximum absolute atomic E-state index is 13.8. The minimum absolute atomic E-state index is 0.342. The molecule has 96 valence electrons. The van der Waals surface area contributed by atoms with E-state index in [1.54, 1.807) is 6.92 Å². The molecule has 0 aliphatic heterocycles. The summed E-state index contributed by atoms with van der Waals surface area (Å²) in [6, 6.07) is 4.24. The molecule has 1 aromatic carbocycles. The van der Waals surface area contributed by atoms with E-state index in [4.69, 9.17) is 11.6 Å². The highest BCUT2D eigenvalue weighted by molar-refractivity contribution is 9.10. The highest BCUT2D eigenvalue weighted by Gasteiger charge is 2.19. The summed E-state index contributed by atoms with van der Waals surface area (Å²) >= 11 is 14.0. The van der Waals surface area contributed by atoms with Crippen molar-refractivity contribution in [3.63, 3.8) is 0 Å². The zero-order valence-corrected chi connectivity index (χ0v) is 13.9. The molecule has 0 bridgehead atoms. The average Bonchev–Trinajstić information content (AvgIpc) is 2.63. The smallest absolute Gasteiger partial charge is 0.130 e. The molecule has 0 fully saturated rings. The predicted octanol–water partition coefficient (Wildman–Crippen LogP) is 6.23. The van der Waals surface area contributed by atoms with Crippen LogP contribution in [-0.4, -0.2) is 0 Å². The molecule has 1 atom stereocenters. The maximum Gasteiger partial charge on any atom is 0.130 e. The Morgan fingerprint density at radius 3 is 2.44 bits per heavy atom. The molecule has 0 saturated heterocycles. The van der Waals surface area contributed by atoms with E-state index in [1.807, 2.05) is 6.07 Å². The van der Waals surface area contributed by atoms with E-state index in [1.165, 1.54) is 17.4 Å². The Hall–Kier alpha value is 0.0300. The van der Waals surface area contributed by atoms with Gasteiger partial charge in [-0.25, -0.2) is 8.78 Å². The monoisotopic (exact) mass is 414 g/mol. The molecule has 2 rings (SSSR count). The Labute approximate surface area is 129 Å². The van der Waals surface area contributed by atoms with Gasteiger partial charge in [0.05, 0.1) is 4.83 Å². The highest BCUT2D eigenvalue weighted by Crippen LogP contribution is 2.42. The molecule has 18 heavy (non-hydrogen) atoms. The van der Waals surface area contributed by atoms with Crippen LogP contribution in [-0.2, 0) is 0 Å². The van der Waals surface area contributed by atoms with Crippen molar-refractivity contribution in [3.8, 4) is 0 Å². The van der Waals surface area contributed by atoms with Gasteiger partial charge < -0.3 is 0 Å². The molecule has 0 radical (unpaired) electrons. The number of benzene rings is 1. The van der Waals surface area contributed by atoms with Crippen LogP contribution in [0, 0.1) is 18.6 Å². The second-order valence-electron chi connectivity index (χ2n) is 3.76. The zero-order valence-electron chi connectivity index (χ0n) is 9.11. The Bertz CT molecular complexity index is 579. The Morgan fingerprint density at radius 2 is 1.89 bits per heavy atom. The van der Waals surface area contributed by atoms with Crippen LogP contribution < -0.4 is 0 Å². The minimum atomic E-state index is -0.569. The first-order valence-corrected chi connectivity index (χ1v) is 7.84. The van der Waals surface area contributed by atoms with Crippen LogP contribution in [0.15, 0.2) is 22.7 Å². The van der Waals surface area contributed by atoms with Gasteiger partial charge >= 0.3 is 0 Å². The lowest BCUT2D eigenvalue weighted by Crippen LogP contribution is -1.97. The van der Waals surface area contributed by atoms with Crippen molar-refractivity contribution in [3.05, 3.63) is 54.6 Å². The fraction of sp³-hybridized carbons (Fsp3) is 0.167. The van der Waals surface area contributed by atoms with E-state index < -0.39 is 11.6 Å². The fourth-order valence-electron chi connectivity index (χ4n) is 1.52. The lowest BCUT2D eigenvalue weighted by Gasteiger charge is -2.10. The van der Waals surface area contributed by atoms with Gasteiger partial charge in [-0.1, -0.05) is 27.5 Å². The number of rotatable bonds is 2. The molecular weight excluding hydrogens is 409 g/mol. The van der Waals surface area contributed by atoms with Crippen LogP contribution in [0.2, 0.25) is 4.34 Å². The highest BCUT2D eigenvalue weighted by atomic mass is 79.9. The average molecular weight is 417 g/mol. The maximum atomic E-state index is 13.8. The number of hydrogen-bond acceptors (Lipinski definition) is 1. The molecule has 0 aliphatic rings. The van der Waals surface area contributed by atoms with Crippen molar-refractivity contribution >= 4 is 54.8 Å². The normalized spacial score (nSPS) is 12.8. The molecule has 1 heterocycles. The summed E-state index contributed by atoms with van der Waals surface area (Å²) in [5, 5.41) is 0. The standard InChI is InChI=1S/C12H7Br2ClF2S/c1-5-2-6(9(17)4-8(5)16)11(14)10-3-7(13)12(15)18-10/h2-4,11H,1H3. The van der Waals surface area contributed by atoms with Gasteiger partial charge in [0.15, 0.2) is 0 Å². The molecule has 0 aliphatic carbocycles. The van der Waals surface area contributed by atoms with Crippen molar-refractivity contribution in [2.24, 2.45) is 0 Å². The third-order valence-corrected chi connectivity index (χ3v) is 6.29. The van der Waals surface area contributed by atoms with Gasteiger partial charge in [-0.15, -0.1) is 11.3 Å². The van der Waals surface area contributed by atoms with Crippen LogP contribution in [0.25, 0.3) is 0 Å². The van der Waals surface area contributed by atoms with E-state index in [2.05, 4.69) is 31.9 Å². The SMILES string of the molecule is Cc1cc(C(Br)c2cc(Br)c(Cl)s2)c(F)cc1F. The third-order valence-electron chi connectivity index (χ3n) is 2.47. The minimum Gasteiger partial charge on any atom is -0.207 e. The molecule has 1 unspecified atom stereocenters. The van der Waals surface area contributed by atoms with Gasteiger partial charge in [-0.2, -0.15) is 0 Å². The van der Waals surface area contributed by atoms with E-state index in [0.717, 1.165) is 15.4 Å². The predicted molar refractivity (Wildman–Crippen MR) is 78.9 cm³/mol. The first-order chi connectivity index (χ1) is 8.40. The summed E-state index contributed by atoms with van der Waals surface area (Å²) in [4.78, 5) is 0.516. The van der Waals surface area contributed by atoms with Crippen molar-refractivity contribution < 1.29 is 8.78 Å². The Balaban J connectivity index is 2.45. The van der Waals surface area contributed by atoms with E-state index >= 15 is 0 Å². The van der Waals surface area contributed by atoms with Crippen molar-refractivity contribution in [1.29, 1.82) is 0 Å². The van der Waals surface area contributed by atoms with Crippen LogP contribution in [0.4, 0.5) is 8.78 Å². The lowest BCUT2D eigenvalue weighted by molar-refractivity contribution is 0.569. The van der Waals surface area contributed by atoms with Crippen LogP contribution in [0.1, 0.15) is 20.8 Å². The van der Waals surface area contributed by atoms with Gasteiger partial charge in [0.25, 0.3) is 0 Å². The third kappa shape index (κ3) is 2.79. The zero-order chi connectivity index (χ0) is 13.4. The van der Waals surface area contributed by atoms with Crippen molar-refractivity contribution in [2.45, 2.75) is 11.8 Å². The number of alkyl halides is 1. The number of hydrogen-bond donors (Lipinski definition) is 0. The summed E-state index contributed by atoms with van der Waals surface area (Å²) in [5.74, 6) is -1.11. The van der Waals surface area contributed by atoms with Gasteiger partial charge in [-0.05, 0) is 40.5 Å². The van der Waals surface area contributed by atoms with Gasteiger partial charge in [0.2, 0.25) is 0 Å².